The molecule has 0 aliphatic carbocycles. The van der Waals surface area contributed by atoms with E-state index in [0.717, 1.165) is 5.56 Å². The summed E-state index contributed by atoms with van der Waals surface area (Å²) in [6.07, 6.45) is -5.93. The van der Waals surface area contributed by atoms with Crippen molar-refractivity contribution >= 4 is 27.5 Å². The van der Waals surface area contributed by atoms with Gasteiger partial charge in [0.25, 0.3) is 11.6 Å². The fourth-order valence-electron chi connectivity index (χ4n) is 3.04. The summed E-state index contributed by atoms with van der Waals surface area (Å²) >= 11 is 3.26. The van der Waals surface area contributed by atoms with Crippen molar-refractivity contribution in [2.75, 3.05) is 0 Å². The molecule has 154 valence electrons. The van der Waals surface area contributed by atoms with E-state index in [9.17, 15) is 23.1 Å². The van der Waals surface area contributed by atoms with Crippen molar-refractivity contribution < 1.29 is 23.1 Å². The molecule has 4 nitrogen and oxygen atoms in total. The summed E-state index contributed by atoms with van der Waals surface area (Å²) in [5, 5.41) is 14.5. The van der Waals surface area contributed by atoms with Gasteiger partial charge in [-0.2, -0.15) is 23.3 Å². The molecule has 2 aromatic rings. The third-order valence-corrected chi connectivity index (χ3v) is 5.28. The van der Waals surface area contributed by atoms with Gasteiger partial charge in [0.15, 0.2) is 0 Å². The number of alkyl halides is 3. The molecule has 0 fully saturated rings. The van der Waals surface area contributed by atoms with Crippen LogP contribution in [0, 0.1) is 0 Å². The number of nitrogens with zero attached hydrogens (tertiary/aromatic N) is 2. The molecule has 29 heavy (non-hydrogen) atoms. The Bertz CT molecular complexity index is 965. The molecule has 1 atom stereocenters. The monoisotopic (exact) mass is 468 g/mol. The van der Waals surface area contributed by atoms with Crippen LogP contribution in [0.15, 0.2) is 58.1 Å². The number of hydrogen-bond donors (Lipinski definition) is 1. The number of carbonyl (C=O) groups excluding carboxylic acids is 1. The zero-order valence-corrected chi connectivity index (χ0v) is 17.7. The average Bonchev–Trinajstić information content (AvgIpc) is 2.99. The van der Waals surface area contributed by atoms with Gasteiger partial charge in [0.2, 0.25) is 0 Å². The van der Waals surface area contributed by atoms with Crippen molar-refractivity contribution in [1.82, 2.24) is 5.01 Å². The highest BCUT2D eigenvalue weighted by atomic mass is 79.9. The minimum Gasteiger partial charge on any atom is -0.362 e. The van der Waals surface area contributed by atoms with E-state index in [-0.39, 0.29) is 21.7 Å². The van der Waals surface area contributed by atoms with Gasteiger partial charge in [-0.05, 0) is 40.8 Å². The SMILES string of the molecule is CC(C)(C)c1ccc(C(=O)N2N=C(c3cccc(Br)c3)C[C@]2(O)C(F)(F)F)cc1. The molecular formula is C21H20BrF3N2O2. The highest BCUT2D eigenvalue weighted by Gasteiger charge is 2.63. The number of halogens is 4. The van der Waals surface area contributed by atoms with Gasteiger partial charge >= 0.3 is 6.18 Å². The molecular weight excluding hydrogens is 449 g/mol. The van der Waals surface area contributed by atoms with Crippen molar-refractivity contribution in [3.05, 3.63) is 69.7 Å². The zero-order chi connectivity index (χ0) is 21.6. The Labute approximate surface area is 175 Å². The standard InChI is InChI=1S/C21H20BrF3N2O2/c1-19(2,3)15-9-7-13(8-10-15)18(28)27-20(29,21(23,24)25)12-17(26-27)14-5-4-6-16(22)11-14/h4-11,29H,12H2,1-3H3/t20-/m0/s1. The molecule has 0 aromatic heterocycles. The number of hydrogen-bond acceptors (Lipinski definition) is 3. The van der Waals surface area contributed by atoms with Crippen LogP contribution in [-0.4, -0.2) is 33.6 Å². The smallest absolute Gasteiger partial charge is 0.362 e. The summed E-state index contributed by atoms with van der Waals surface area (Å²) in [6, 6.07) is 12.8. The quantitative estimate of drug-likeness (QED) is 0.654. The molecule has 1 aliphatic heterocycles. The lowest BCUT2D eigenvalue weighted by molar-refractivity contribution is -0.297. The molecule has 0 spiro atoms. The molecule has 1 amide bonds. The van der Waals surface area contributed by atoms with Crippen LogP contribution in [-0.2, 0) is 5.41 Å². The number of aliphatic hydroxyl groups is 1. The van der Waals surface area contributed by atoms with Gasteiger partial charge < -0.3 is 5.11 Å². The molecule has 2 aromatic carbocycles. The van der Waals surface area contributed by atoms with Crippen LogP contribution in [0.3, 0.4) is 0 Å². The number of carbonyl (C=O) groups is 1. The van der Waals surface area contributed by atoms with E-state index in [2.05, 4.69) is 21.0 Å². The van der Waals surface area contributed by atoms with E-state index >= 15 is 0 Å². The molecule has 0 saturated carbocycles. The second-order valence-corrected chi connectivity index (χ2v) is 8.91. The first-order valence-corrected chi connectivity index (χ1v) is 9.70. The maximum Gasteiger partial charge on any atom is 0.438 e. The topological polar surface area (TPSA) is 52.9 Å². The first-order valence-electron chi connectivity index (χ1n) is 8.90. The Balaban J connectivity index is 2.02. The number of hydrazone groups is 1. The lowest BCUT2D eigenvalue weighted by Gasteiger charge is -2.32. The summed E-state index contributed by atoms with van der Waals surface area (Å²) in [5.41, 5.74) is -2.27. The Hall–Kier alpha value is -2.19. The molecule has 3 rings (SSSR count). The molecule has 1 N–H and O–H groups in total. The highest BCUT2D eigenvalue weighted by Crippen LogP contribution is 2.42. The number of benzene rings is 2. The fraction of sp³-hybridized carbons (Fsp3) is 0.333. The number of rotatable bonds is 2. The predicted octanol–water partition coefficient (Wildman–Crippen LogP) is 5.25. The Morgan fingerprint density at radius 2 is 1.76 bits per heavy atom. The van der Waals surface area contributed by atoms with Crippen LogP contribution in [0.1, 0.15) is 48.7 Å². The maximum absolute atomic E-state index is 13.7. The minimum atomic E-state index is -5.08. The van der Waals surface area contributed by atoms with Crippen LogP contribution in [0.2, 0.25) is 0 Å². The molecule has 0 unspecified atom stereocenters. The minimum absolute atomic E-state index is 0.0138. The lowest BCUT2D eigenvalue weighted by Crippen LogP contribution is -2.56. The Morgan fingerprint density at radius 3 is 2.28 bits per heavy atom. The molecule has 0 radical (unpaired) electrons. The van der Waals surface area contributed by atoms with Crippen LogP contribution in [0.25, 0.3) is 0 Å². The summed E-state index contributed by atoms with van der Waals surface area (Å²) in [4.78, 5) is 12.9. The van der Waals surface area contributed by atoms with Crippen molar-refractivity contribution in [3.63, 3.8) is 0 Å². The molecule has 0 bridgehead atoms. The second kappa shape index (κ2) is 7.25. The van der Waals surface area contributed by atoms with E-state index in [1.54, 1.807) is 36.4 Å². The summed E-state index contributed by atoms with van der Waals surface area (Å²) in [7, 11) is 0. The Morgan fingerprint density at radius 1 is 1.14 bits per heavy atom. The van der Waals surface area contributed by atoms with Crippen molar-refractivity contribution in [3.8, 4) is 0 Å². The fourth-order valence-corrected chi connectivity index (χ4v) is 3.44. The van der Waals surface area contributed by atoms with Crippen LogP contribution < -0.4 is 0 Å². The van der Waals surface area contributed by atoms with E-state index in [4.69, 9.17) is 0 Å². The maximum atomic E-state index is 13.7. The van der Waals surface area contributed by atoms with E-state index in [1.165, 1.54) is 12.1 Å². The lowest BCUT2D eigenvalue weighted by atomic mass is 9.86. The molecule has 1 aliphatic rings. The van der Waals surface area contributed by atoms with Gasteiger partial charge in [-0.1, -0.05) is 61.0 Å². The van der Waals surface area contributed by atoms with Crippen LogP contribution >= 0.6 is 15.9 Å². The second-order valence-electron chi connectivity index (χ2n) is 7.99. The van der Waals surface area contributed by atoms with Gasteiger partial charge in [0.05, 0.1) is 12.1 Å². The third kappa shape index (κ3) is 4.09. The summed E-state index contributed by atoms with van der Waals surface area (Å²) < 4.78 is 41.8. The largest absolute Gasteiger partial charge is 0.438 e. The summed E-state index contributed by atoms with van der Waals surface area (Å²) in [6.45, 7) is 5.96. The first kappa shape index (κ1) is 21.5. The van der Waals surface area contributed by atoms with Crippen LogP contribution in [0.5, 0.6) is 0 Å². The highest BCUT2D eigenvalue weighted by molar-refractivity contribution is 9.10. The van der Waals surface area contributed by atoms with Gasteiger partial charge in [-0.15, -0.1) is 0 Å². The normalized spacial score (nSPS) is 20.0. The van der Waals surface area contributed by atoms with E-state index in [0.29, 0.717) is 10.0 Å². The molecule has 1 heterocycles. The molecule has 8 heteroatoms. The Kier molecular flexibility index (Phi) is 5.38. The number of amides is 1. The van der Waals surface area contributed by atoms with Crippen molar-refractivity contribution in [2.24, 2.45) is 5.10 Å². The average molecular weight is 469 g/mol. The third-order valence-electron chi connectivity index (χ3n) is 4.79. The van der Waals surface area contributed by atoms with Gasteiger partial charge in [0, 0.05) is 10.0 Å². The van der Waals surface area contributed by atoms with Crippen LogP contribution in [0.4, 0.5) is 13.2 Å². The van der Waals surface area contributed by atoms with E-state index < -0.39 is 24.2 Å². The summed E-state index contributed by atoms with van der Waals surface area (Å²) in [5.74, 6) is -1.02. The van der Waals surface area contributed by atoms with Gasteiger partial charge in [0.1, 0.15) is 0 Å². The molecule has 0 saturated heterocycles. The van der Waals surface area contributed by atoms with Crippen molar-refractivity contribution in [2.45, 2.75) is 44.5 Å². The zero-order valence-electron chi connectivity index (χ0n) is 16.1. The predicted molar refractivity (Wildman–Crippen MR) is 108 cm³/mol. The first-order chi connectivity index (χ1) is 13.3. The van der Waals surface area contributed by atoms with Gasteiger partial charge in [-0.3, -0.25) is 4.79 Å². The van der Waals surface area contributed by atoms with Gasteiger partial charge in [-0.25, -0.2) is 0 Å². The van der Waals surface area contributed by atoms with Crippen molar-refractivity contribution in [1.29, 1.82) is 0 Å². The van der Waals surface area contributed by atoms with E-state index in [1.807, 2.05) is 20.8 Å².